The predicted octanol–water partition coefficient (Wildman–Crippen LogP) is 7.85. The normalized spacial score (nSPS) is 15.1. The lowest BCUT2D eigenvalue weighted by Gasteiger charge is -2.29. The summed E-state index contributed by atoms with van der Waals surface area (Å²) in [5.41, 5.74) is 0. The van der Waals surface area contributed by atoms with Gasteiger partial charge in [0.1, 0.15) is 18.4 Å². The summed E-state index contributed by atoms with van der Waals surface area (Å²) >= 11 is 0. The first-order chi connectivity index (χ1) is 26.9. The monoisotopic (exact) mass is 924 g/mol. The largest absolute Gasteiger partial charge is 0.355 e. The minimum Gasteiger partial charge on any atom is -0.355 e. The summed E-state index contributed by atoms with van der Waals surface area (Å²) in [6, 6.07) is -1.38. The topological polar surface area (TPSA) is 123 Å². The molecule has 0 aliphatic carbocycles. The number of piperazine rings is 1. The number of nitrogens with zero attached hydrogens (tertiary/aromatic N) is 2. The number of hydrogen-bond donors (Lipinski definition) is 4. The molecular formula is C37H76N6O4S8. The van der Waals surface area contributed by atoms with Gasteiger partial charge in [-0.05, 0) is 122 Å². The van der Waals surface area contributed by atoms with Crippen molar-refractivity contribution in [2.75, 3.05) is 107 Å². The highest BCUT2D eigenvalue weighted by molar-refractivity contribution is 8.77. The Balaban J connectivity index is 0. The number of carbonyl (C=O) groups is 4. The Morgan fingerprint density at radius 2 is 1.00 bits per heavy atom. The van der Waals surface area contributed by atoms with E-state index < -0.39 is 12.1 Å². The smallest absolute Gasteiger partial charge is 0.243 e. The van der Waals surface area contributed by atoms with Crippen LogP contribution in [-0.4, -0.2) is 153 Å². The molecule has 2 unspecified atom stereocenters. The minimum absolute atomic E-state index is 0.113. The van der Waals surface area contributed by atoms with E-state index in [1.54, 1.807) is 0 Å². The maximum absolute atomic E-state index is 12.3. The van der Waals surface area contributed by atoms with Gasteiger partial charge in [0, 0.05) is 62.0 Å². The molecule has 0 aromatic carbocycles. The molecule has 326 valence electrons. The fourth-order valence-electron chi connectivity index (χ4n) is 5.29. The van der Waals surface area contributed by atoms with Gasteiger partial charge in [-0.15, -0.1) is 0 Å². The van der Waals surface area contributed by atoms with E-state index in [9.17, 15) is 19.2 Å². The van der Waals surface area contributed by atoms with Gasteiger partial charge in [0.15, 0.2) is 0 Å². The number of rotatable bonds is 36. The lowest BCUT2D eigenvalue weighted by atomic mass is 10.0. The summed E-state index contributed by atoms with van der Waals surface area (Å²) in [7, 11) is 17.2. The molecule has 1 fully saturated rings. The average molecular weight is 926 g/mol. The summed E-state index contributed by atoms with van der Waals surface area (Å²) in [4.78, 5) is 52.1. The summed E-state index contributed by atoms with van der Waals surface area (Å²) in [5, 5.41) is 11.5. The lowest BCUT2D eigenvalue weighted by molar-refractivity contribution is -0.137. The highest BCUT2D eigenvalue weighted by atomic mass is 33.1. The maximum atomic E-state index is 12.3. The van der Waals surface area contributed by atoms with Crippen LogP contribution in [0.5, 0.6) is 0 Å². The Morgan fingerprint density at radius 1 is 0.618 bits per heavy atom. The summed E-state index contributed by atoms with van der Waals surface area (Å²) in [5.74, 6) is 4.22. The Morgan fingerprint density at radius 3 is 1.36 bits per heavy atom. The molecule has 3 amide bonds. The molecule has 10 nitrogen and oxygen atoms in total. The van der Waals surface area contributed by atoms with Crippen molar-refractivity contribution in [1.29, 1.82) is 0 Å². The Kier molecular flexibility index (Phi) is 48.2. The van der Waals surface area contributed by atoms with E-state index in [-0.39, 0.29) is 43.4 Å². The van der Waals surface area contributed by atoms with Crippen LogP contribution in [0.2, 0.25) is 0 Å². The Labute approximate surface area is 368 Å². The summed E-state index contributed by atoms with van der Waals surface area (Å²) in [6.07, 6.45) is 20.3. The van der Waals surface area contributed by atoms with Crippen LogP contribution in [0.1, 0.15) is 90.9 Å². The van der Waals surface area contributed by atoms with E-state index in [0.29, 0.717) is 6.54 Å². The zero-order valence-electron chi connectivity index (χ0n) is 35.0. The summed E-state index contributed by atoms with van der Waals surface area (Å²) < 4.78 is 0. The lowest BCUT2D eigenvalue weighted by Crippen LogP contribution is -2.61. The minimum atomic E-state index is -0.708. The molecule has 0 aromatic rings. The van der Waals surface area contributed by atoms with Crippen molar-refractivity contribution in [3.63, 3.8) is 0 Å². The van der Waals surface area contributed by atoms with Crippen molar-refractivity contribution >= 4 is 110 Å². The van der Waals surface area contributed by atoms with Crippen molar-refractivity contribution in [1.82, 2.24) is 31.1 Å². The molecule has 1 saturated heterocycles. The first-order valence-electron chi connectivity index (χ1n) is 19.9. The van der Waals surface area contributed by atoms with Crippen molar-refractivity contribution in [2.24, 2.45) is 0 Å². The number of nitrogens with one attached hydrogen (secondary N) is 4. The van der Waals surface area contributed by atoms with Crippen LogP contribution in [0, 0.1) is 0 Å². The number of unbranched alkanes of at least 4 members (excludes halogenated alkanes) is 4. The third-order valence-corrected chi connectivity index (χ3v) is 15.8. The van der Waals surface area contributed by atoms with Gasteiger partial charge in [-0.1, -0.05) is 100 Å². The van der Waals surface area contributed by atoms with Gasteiger partial charge in [0.2, 0.25) is 17.7 Å². The molecular weight excluding hydrogens is 849 g/mol. The van der Waals surface area contributed by atoms with E-state index >= 15 is 0 Å². The molecule has 4 N–H and O–H groups in total. The predicted molar refractivity (Wildman–Crippen MR) is 260 cm³/mol. The number of hydrogen-bond acceptors (Lipinski definition) is 15. The molecule has 1 heterocycles. The van der Waals surface area contributed by atoms with Crippen LogP contribution in [0.3, 0.4) is 0 Å². The molecule has 0 radical (unpaired) electrons. The fraction of sp³-hybridized carbons (Fsp3) is 0.892. The van der Waals surface area contributed by atoms with E-state index in [1.807, 2.05) is 107 Å². The van der Waals surface area contributed by atoms with Gasteiger partial charge in [-0.25, -0.2) is 0 Å². The molecule has 1 rings (SSSR count). The molecule has 55 heavy (non-hydrogen) atoms. The second-order valence-corrected chi connectivity index (χ2v) is 23.1. The van der Waals surface area contributed by atoms with Crippen LogP contribution < -0.4 is 21.3 Å². The standard InChI is InChI=1S/C22H40N4O4S4.C13H30N2S4.C2H6/c1-31-33-16-5-3-12-26(13-4-6-17-34-32-2)14-11-23-20(28)10-9-19-22(30)24-18(8-7-15-27)21(29)25-19;1-14-8-11-15(9-4-6-12-18-16-2)10-5-7-13-19-17-3;1-2/h15,18-19H,3-14,16-17H2,1-2H3,(H,23,28)(H,24,30)(H,25,29);14H,4-13H2,1-3H3;1-2H3. The van der Waals surface area contributed by atoms with Crippen molar-refractivity contribution in [3.8, 4) is 0 Å². The van der Waals surface area contributed by atoms with E-state index in [2.05, 4.69) is 56.1 Å². The molecule has 1 aliphatic rings. The third kappa shape index (κ3) is 37.5. The number of carbonyl (C=O) groups excluding carboxylic acids is 4. The van der Waals surface area contributed by atoms with Crippen LogP contribution in [0.25, 0.3) is 0 Å². The molecule has 0 bridgehead atoms. The highest BCUT2D eigenvalue weighted by Gasteiger charge is 2.33. The molecule has 0 spiro atoms. The highest BCUT2D eigenvalue weighted by Crippen LogP contribution is 2.21. The van der Waals surface area contributed by atoms with E-state index in [0.717, 1.165) is 45.3 Å². The SMILES string of the molecule is CC.CNCCN(CCCCSSC)CCCCSSC.CSSCCCCN(CCCCSSC)CCNC(=O)CCC1NC(=O)C(CCC=O)NC1=O. The quantitative estimate of drug-likeness (QED) is 0.0277. The zero-order valence-corrected chi connectivity index (χ0v) is 41.5. The summed E-state index contributed by atoms with van der Waals surface area (Å²) in [6.45, 7) is 12.3. The van der Waals surface area contributed by atoms with Crippen molar-refractivity contribution in [3.05, 3.63) is 0 Å². The maximum Gasteiger partial charge on any atom is 0.243 e. The van der Waals surface area contributed by atoms with Crippen LogP contribution in [0.15, 0.2) is 0 Å². The van der Waals surface area contributed by atoms with Crippen molar-refractivity contribution in [2.45, 2.75) is 103 Å². The number of aldehydes is 1. The number of likely N-dealkylation sites (N-methyl/N-ethyl adjacent to an activating group) is 1. The first-order valence-corrected chi connectivity index (χ1v) is 30.8. The Bertz CT molecular complexity index is 879. The van der Waals surface area contributed by atoms with E-state index in [1.165, 1.54) is 81.2 Å². The molecule has 2 atom stereocenters. The van der Waals surface area contributed by atoms with Crippen molar-refractivity contribution < 1.29 is 19.2 Å². The van der Waals surface area contributed by atoms with Gasteiger partial charge in [0.25, 0.3) is 0 Å². The second-order valence-electron chi connectivity index (χ2n) is 12.3. The van der Waals surface area contributed by atoms with Gasteiger partial charge in [-0.2, -0.15) is 0 Å². The van der Waals surface area contributed by atoms with E-state index in [4.69, 9.17) is 0 Å². The zero-order chi connectivity index (χ0) is 41.2. The second kappa shape index (κ2) is 45.8. The van der Waals surface area contributed by atoms with Gasteiger partial charge >= 0.3 is 0 Å². The van der Waals surface area contributed by atoms with Gasteiger partial charge in [-0.3, -0.25) is 14.4 Å². The Hall–Kier alpha value is 0.760. The van der Waals surface area contributed by atoms with Crippen LogP contribution >= 0.6 is 86.4 Å². The molecule has 0 saturated carbocycles. The molecule has 1 aliphatic heterocycles. The first kappa shape index (κ1) is 57.9. The molecule has 18 heteroatoms. The van der Waals surface area contributed by atoms with Crippen LogP contribution in [0.4, 0.5) is 0 Å². The third-order valence-electron chi connectivity index (χ3n) is 8.21. The van der Waals surface area contributed by atoms with Gasteiger partial charge in [0.05, 0.1) is 0 Å². The molecule has 0 aromatic heterocycles. The van der Waals surface area contributed by atoms with Gasteiger partial charge < -0.3 is 35.9 Å². The van der Waals surface area contributed by atoms with Crippen LogP contribution in [-0.2, 0) is 19.2 Å². The number of amides is 3. The fourth-order valence-corrected chi connectivity index (χ4v) is 10.7. The average Bonchev–Trinajstić information content (AvgIpc) is 3.19.